The highest BCUT2D eigenvalue weighted by molar-refractivity contribution is 6.25. The van der Waals surface area contributed by atoms with E-state index in [0.717, 1.165) is 23.4 Å². The molecular formula is C25H23N3O2. The summed E-state index contributed by atoms with van der Waals surface area (Å²) in [6.07, 6.45) is 2.65. The molecule has 1 fully saturated rings. The first kappa shape index (κ1) is 18.6. The van der Waals surface area contributed by atoms with Crippen LogP contribution in [0.25, 0.3) is 0 Å². The number of rotatable bonds is 4. The van der Waals surface area contributed by atoms with E-state index in [1.54, 1.807) is 6.20 Å². The van der Waals surface area contributed by atoms with Crippen LogP contribution in [0.4, 0.5) is 11.4 Å². The third kappa shape index (κ3) is 2.73. The van der Waals surface area contributed by atoms with Gasteiger partial charge < -0.3 is 4.90 Å². The standard InChI is InChI=1S/C25H23N3O2/c1-2-16-27-19-14-9-15-26-22(19)20(17-10-5-3-6-11-17)21-23(27)25(30)28(24(21)29)18-12-7-4-8-13-18/h3-15,20-21,23H,2,16H2,1H3/t20-,21+,23-/m0/s1. The normalized spacial score (nSPS) is 22.8. The Labute approximate surface area is 176 Å². The lowest BCUT2D eigenvalue weighted by Crippen LogP contribution is -2.50. The quantitative estimate of drug-likeness (QED) is 0.625. The van der Waals surface area contributed by atoms with Crippen LogP contribution in [-0.4, -0.2) is 29.4 Å². The smallest absolute Gasteiger partial charge is 0.257 e. The molecule has 0 spiro atoms. The predicted octanol–water partition coefficient (Wildman–Crippen LogP) is 4.00. The van der Waals surface area contributed by atoms with Crippen LogP contribution in [0, 0.1) is 5.92 Å². The van der Waals surface area contributed by atoms with Crippen LogP contribution in [-0.2, 0) is 9.59 Å². The van der Waals surface area contributed by atoms with Crippen molar-refractivity contribution in [3.8, 4) is 0 Å². The summed E-state index contributed by atoms with van der Waals surface area (Å²) in [5.41, 5.74) is 3.46. The van der Waals surface area contributed by atoms with E-state index < -0.39 is 12.0 Å². The summed E-state index contributed by atoms with van der Waals surface area (Å²) in [5, 5.41) is 0. The van der Waals surface area contributed by atoms with E-state index in [1.165, 1.54) is 4.90 Å². The van der Waals surface area contributed by atoms with Crippen LogP contribution in [0.3, 0.4) is 0 Å². The maximum Gasteiger partial charge on any atom is 0.257 e. The van der Waals surface area contributed by atoms with Crippen molar-refractivity contribution in [2.45, 2.75) is 25.3 Å². The van der Waals surface area contributed by atoms with Crippen molar-refractivity contribution in [1.82, 2.24) is 4.98 Å². The number of pyridine rings is 1. The van der Waals surface area contributed by atoms with E-state index in [9.17, 15) is 9.59 Å². The molecule has 5 heteroatoms. The van der Waals surface area contributed by atoms with Crippen LogP contribution in [0.15, 0.2) is 79.0 Å². The topological polar surface area (TPSA) is 53.5 Å². The Bertz CT molecular complexity index is 1080. The van der Waals surface area contributed by atoms with Gasteiger partial charge in [0.1, 0.15) is 6.04 Å². The average molecular weight is 397 g/mol. The molecule has 5 rings (SSSR count). The van der Waals surface area contributed by atoms with Crippen LogP contribution in [0.1, 0.15) is 30.5 Å². The van der Waals surface area contributed by atoms with Gasteiger partial charge in [-0.1, -0.05) is 55.5 Å². The van der Waals surface area contributed by atoms with E-state index in [1.807, 2.05) is 72.8 Å². The number of hydrogen-bond donors (Lipinski definition) is 0. The van der Waals surface area contributed by atoms with Gasteiger partial charge in [0.05, 0.1) is 23.0 Å². The first-order valence-electron chi connectivity index (χ1n) is 10.4. The van der Waals surface area contributed by atoms with E-state index in [2.05, 4.69) is 11.8 Å². The molecule has 3 aromatic rings. The minimum Gasteiger partial charge on any atom is -0.357 e. The second-order valence-corrected chi connectivity index (χ2v) is 7.81. The maximum atomic E-state index is 13.7. The number of carbonyl (C=O) groups is 2. The van der Waals surface area contributed by atoms with Gasteiger partial charge in [0.25, 0.3) is 5.91 Å². The van der Waals surface area contributed by atoms with Crippen LogP contribution >= 0.6 is 0 Å². The van der Waals surface area contributed by atoms with Gasteiger partial charge in [0.2, 0.25) is 5.91 Å². The summed E-state index contributed by atoms with van der Waals surface area (Å²) >= 11 is 0. The number of hydrogen-bond acceptors (Lipinski definition) is 4. The van der Waals surface area contributed by atoms with E-state index in [4.69, 9.17) is 4.98 Å². The highest BCUT2D eigenvalue weighted by Gasteiger charge is 2.57. The fourth-order valence-electron chi connectivity index (χ4n) is 4.90. The summed E-state index contributed by atoms with van der Waals surface area (Å²) in [6.45, 7) is 2.79. The second-order valence-electron chi connectivity index (χ2n) is 7.81. The number of carbonyl (C=O) groups excluding carboxylic acids is 2. The second kappa shape index (κ2) is 7.41. The first-order valence-corrected chi connectivity index (χ1v) is 10.4. The molecule has 0 bridgehead atoms. The Morgan fingerprint density at radius 3 is 2.27 bits per heavy atom. The van der Waals surface area contributed by atoms with Crippen molar-refractivity contribution in [3.05, 3.63) is 90.3 Å². The summed E-state index contributed by atoms with van der Waals surface area (Å²) in [4.78, 5) is 35.6. The number of aromatic nitrogens is 1. The Hall–Kier alpha value is -3.47. The first-order chi connectivity index (χ1) is 14.7. The zero-order chi connectivity index (χ0) is 20.7. The summed E-state index contributed by atoms with van der Waals surface area (Å²) < 4.78 is 0. The average Bonchev–Trinajstić information content (AvgIpc) is 3.05. The van der Waals surface area contributed by atoms with Gasteiger partial charge in [0, 0.05) is 18.7 Å². The molecule has 0 radical (unpaired) electrons. The molecular weight excluding hydrogens is 374 g/mol. The number of nitrogens with zero attached hydrogens (tertiary/aromatic N) is 3. The molecule has 0 unspecified atom stereocenters. The third-order valence-corrected chi connectivity index (χ3v) is 6.07. The number of imide groups is 1. The van der Waals surface area contributed by atoms with Crippen LogP contribution in [0.5, 0.6) is 0 Å². The molecule has 30 heavy (non-hydrogen) atoms. The zero-order valence-corrected chi connectivity index (χ0v) is 16.8. The SMILES string of the molecule is CCCN1c2cccnc2[C@@H](c2ccccc2)[C@H]2C(=O)N(c3ccccc3)C(=O)[C@H]21. The Morgan fingerprint density at radius 2 is 1.57 bits per heavy atom. The molecule has 3 heterocycles. The van der Waals surface area contributed by atoms with Crippen molar-refractivity contribution >= 4 is 23.2 Å². The van der Waals surface area contributed by atoms with E-state index in [-0.39, 0.29) is 17.7 Å². The lowest BCUT2D eigenvalue weighted by molar-refractivity contribution is -0.122. The summed E-state index contributed by atoms with van der Waals surface area (Å²) in [6, 6.07) is 22.6. The van der Waals surface area contributed by atoms with Gasteiger partial charge in [-0.25, -0.2) is 4.90 Å². The molecule has 2 amide bonds. The molecule has 0 aliphatic carbocycles. The molecule has 150 valence electrons. The fraction of sp³-hybridized carbons (Fsp3) is 0.240. The molecule has 0 N–H and O–H groups in total. The van der Waals surface area contributed by atoms with Crippen molar-refractivity contribution in [2.24, 2.45) is 5.92 Å². The number of benzene rings is 2. The molecule has 3 atom stereocenters. The molecule has 2 aliphatic rings. The molecule has 0 saturated carbocycles. The molecule has 1 saturated heterocycles. The Balaban J connectivity index is 1.71. The fourth-order valence-corrected chi connectivity index (χ4v) is 4.90. The number of para-hydroxylation sites is 1. The summed E-state index contributed by atoms with van der Waals surface area (Å²) in [7, 11) is 0. The van der Waals surface area contributed by atoms with Crippen LogP contribution < -0.4 is 9.80 Å². The van der Waals surface area contributed by atoms with Gasteiger partial charge in [-0.15, -0.1) is 0 Å². The Morgan fingerprint density at radius 1 is 0.867 bits per heavy atom. The monoisotopic (exact) mass is 397 g/mol. The highest BCUT2D eigenvalue weighted by Crippen LogP contribution is 2.49. The van der Waals surface area contributed by atoms with Gasteiger partial charge in [-0.2, -0.15) is 0 Å². The highest BCUT2D eigenvalue weighted by atomic mass is 16.2. The number of amides is 2. The van der Waals surface area contributed by atoms with Gasteiger partial charge in [-0.05, 0) is 36.2 Å². The lowest BCUT2D eigenvalue weighted by Gasteiger charge is -2.41. The largest absolute Gasteiger partial charge is 0.357 e. The maximum absolute atomic E-state index is 13.7. The minimum absolute atomic E-state index is 0.151. The Kier molecular flexibility index (Phi) is 4.58. The zero-order valence-electron chi connectivity index (χ0n) is 16.8. The van der Waals surface area contributed by atoms with E-state index in [0.29, 0.717) is 12.2 Å². The van der Waals surface area contributed by atoms with Gasteiger partial charge in [-0.3, -0.25) is 14.6 Å². The van der Waals surface area contributed by atoms with Gasteiger partial charge in [0.15, 0.2) is 0 Å². The molecule has 2 aliphatic heterocycles. The van der Waals surface area contributed by atoms with Crippen LogP contribution in [0.2, 0.25) is 0 Å². The van der Waals surface area contributed by atoms with Crippen molar-refractivity contribution < 1.29 is 9.59 Å². The molecule has 2 aromatic carbocycles. The van der Waals surface area contributed by atoms with Crippen molar-refractivity contribution in [2.75, 3.05) is 16.3 Å². The van der Waals surface area contributed by atoms with Crippen molar-refractivity contribution in [3.63, 3.8) is 0 Å². The van der Waals surface area contributed by atoms with E-state index >= 15 is 0 Å². The van der Waals surface area contributed by atoms with Crippen molar-refractivity contribution in [1.29, 1.82) is 0 Å². The number of fused-ring (bicyclic) bond motifs is 2. The minimum atomic E-state index is -0.528. The predicted molar refractivity (Wildman–Crippen MR) is 116 cm³/mol. The van der Waals surface area contributed by atoms with Gasteiger partial charge >= 0.3 is 0 Å². The third-order valence-electron chi connectivity index (χ3n) is 6.07. The summed E-state index contributed by atoms with van der Waals surface area (Å²) in [5.74, 6) is -1.07. The lowest BCUT2D eigenvalue weighted by atomic mass is 9.76. The number of anilines is 2. The molecule has 5 nitrogen and oxygen atoms in total. The molecule has 1 aromatic heterocycles.